The van der Waals surface area contributed by atoms with Crippen LogP contribution in [0.2, 0.25) is 0 Å². The average Bonchev–Trinajstić information content (AvgIpc) is 3.18. The van der Waals surface area contributed by atoms with Crippen molar-refractivity contribution in [2.75, 3.05) is 30.9 Å². The third-order valence-corrected chi connectivity index (χ3v) is 10.9. The standard InChI is InChI=1S/C48H45BN2/c1-34(37-22-11-6-12-23-37)41-29-18-30-44-46(41)51(4)48-43(39-26-15-8-16-27-39)33-42(38-24-13-7-14-25-38)47(50(2)3)45(48)49(44)40-28-17-21-36(32-40)31-35-19-9-5-10-20-35/h5-15,17-26,28-30,32-34H,16,27,31H2,1-4H3. The highest BCUT2D eigenvalue weighted by molar-refractivity contribution is 6.99. The van der Waals surface area contributed by atoms with Crippen molar-refractivity contribution in [3.05, 3.63) is 186 Å². The highest BCUT2D eigenvalue weighted by Crippen LogP contribution is 2.45. The number of hydrogen-bond acceptors (Lipinski definition) is 2. The zero-order chi connectivity index (χ0) is 34.9. The monoisotopic (exact) mass is 660 g/mol. The van der Waals surface area contributed by atoms with Crippen LogP contribution in [0.25, 0.3) is 16.7 Å². The predicted molar refractivity (Wildman–Crippen MR) is 221 cm³/mol. The zero-order valence-electron chi connectivity index (χ0n) is 30.2. The molecule has 1 aliphatic carbocycles. The number of fused-ring (bicyclic) bond motifs is 2. The Kier molecular flexibility index (Phi) is 8.96. The molecule has 0 saturated carbocycles. The van der Waals surface area contributed by atoms with Crippen LogP contribution in [0, 0.1) is 0 Å². The van der Waals surface area contributed by atoms with Crippen molar-refractivity contribution >= 4 is 45.7 Å². The molecule has 51 heavy (non-hydrogen) atoms. The summed E-state index contributed by atoms with van der Waals surface area (Å²) in [6, 6.07) is 51.7. The van der Waals surface area contributed by atoms with Crippen LogP contribution in [0.5, 0.6) is 0 Å². The van der Waals surface area contributed by atoms with Gasteiger partial charge in [0.1, 0.15) is 0 Å². The number of nitrogens with zero attached hydrogens (tertiary/aromatic N) is 2. The van der Waals surface area contributed by atoms with Crippen LogP contribution in [-0.2, 0) is 6.42 Å². The van der Waals surface area contributed by atoms with E-state index in [4.69, 9.17) is 0 Å². The lowest BCUT2D eigenvalue weighted by molar-refractivity contribution is 0.916. The Morgan fingerprint density at radius 2 is 1.39 bits per heavy atom. The maximum Gasteiger partial charge on any atom is 0.249 e. The van der Waals surface area contributed by atoms with E-state index in [-0.39, 0.29) is 12.6 Å². The fourth-order valence-electron chi connectivity index (χ4n) is 8.51. The van der Waals surface area contributed by atoms with Crippen molar-refractivity contribution in [3.8, 4) is 11.1 Å². The predicted octanol–water partition coefficient (Wildman–Crippen LogP) is 9.49. The molecule has 0 spiro atoms. The number of rotatable bonds is 8. The quantitative estimate of drug-likeness (QED) is 0.150. The first-order chi connectivity index (χ1) is 25.0. The molecule has 0 bridgehead atoms. The highest BCUT2D eigenvalue weighted by Gasteiger charge is 2.40. The molecule has 0 fully saturated rings. The molecular weight excluding hydrogens is 615 g/mol. The summed E-state index contributed by atoms with van der Waals surface area (Å²) in [6.07, 6.45) is 9.87. The fraction of sp³-hybridized carbons (Fsp3) is 0.167. The molecule has 250 valence electrons. The average molecular weight is 661 g/mol. The molecule has 2 aliphatic rings. The van der Waals surface area contributed by atoms with E-state index < -0.39 is 0 Å². The fourth-order valence-corrected chi connectivity index (χ4v) is 8.51. The van der Waals surface area contributed by atoms with Crippen molar-refractivity contribution in [2.45, 2.75) is 32.1 Å². The minimum Gasteiger partial charge on any atom is -0.378 e. The van der Waals surface area contributed by atoms with Crippen molar-refractivity contribution in [1.29, 1.82) is 0 Å². The van der Waals surface area contributed by atoms with E-state index in [1.165, 1.54) is 78.0 Å². The van der Waals surface area contributed by atoms with E-state index in [1.807, 2.05) is 0 Å². The normalized spacial score (nSPS) is 14.1. The lowest BCUT2D eigenvalue weighted by Crippen LogP contribution is -2.59. The van der Waals surface area contributed by atoms with Crippen LogP contribution < -0.4 is 26.2 Å². The Labute approximate surface area is 304 Å². The summed E-state index contributed by atoms with van der Waals surface area (Å²) in [5.74, 6) is 0.229. The number of anilines is 3. The first-order valence-electron chi connectivity index (χ1n) is 18.3. The van der Waals surface area contributed by atoms with Crippen LogP contribution in [-0.4, -0.2) is 27.9 Å². The Balaban J connectivity index is 1.45. The Morgan fingerprint density at radius 3 is 2.10 bits per heavy atom. The van der Waals surface area contributed by atoms with Crippen molar-refractivity contribution in [2.24, 2.45) is 0 Å². The smallest absolute Gasteiger partial charge is 0.249 e. The van der Waals surface area contributed by atoms with Gasteiger partial charge < -0.3 is 9.80 Å². The summed E-state index contributed by atoms with van der Waals surface area (Å²) in [6.45, 7) is 2.40. The molecule has 8 rings (SSSR count). The van der Waals surface area contributed by atoms with Gasteiger partial charge in [-0.15, -0.1) is 0 Å². The maximum absolute atomic E-state index is 2.54. The minimum atomic E-state index is 0.0318. The third kappa shape index (κ3) is 6.12. The summed E-state index contributed by atoms with van der Waals surface area (Å²) in [7, 11) is 6.75. The molecule has 0 aromatic heterocycles. The van der Waals surface area contributed by atoms with Gasteiger partial charge in [-0.3, -0.25) is 0 Å². The third-order valence-electron chi connectivity index (χ3n) is 10.9. The van der Waals surface area contributed by atoms with Crippen molar-refractivity contribution in [1.82, 2.24) is 0 Å². The van der Waals surface area contributed by atoms with Gasteiger partial charge in [0.2, 0.25) is 6.71 Å². The Bertz CT molecular complexity index is 2240. The topological polar surface area (TPSA) is 6.48 Å². The first-order valence-corrected chi connectivity index (χ1v) is 18.3. The molecule has 1 aliphatic heterocycles. The largest absolute Gasteiger partial charge is 0.378 e. The van der Waals surface area contributed by atoms with Crippen LogP contribution in [0.4, 0.5) is 17.1 Å². The van der Waals surface area contributed by atoms with Gasteiger partial charge >= 0.3 is 0 Å². The summed E-state index contributed by atoms with van der Waals surface area (Å²) < 4.78 is 0. The summed E-state index contributed by atoms with van der Waals surface area (Å²) in [5, 5.41) is 0. The molecule has 6 aromatic carbocycles. The molecular formula is C48H45BN2. The number of hydrogen-bond donors (Lipinski definition) is 0. The van der Waals surface area contributed by atoms with Crippen LogP contribution in [0.1, 0.15) is 53.5 Å². The second-order valence-corrected chi connectivity index (χ2v) is 14.3. The van der Waals surface area contributed by atoms with Gasteiger partial charge in [0, 0.05) is 55.2 Å². The highest BCUT2D eigenvalue weighted by atomic mass is 15.1. The Hall–Kier alpha value is -5.54. The molecule has 3 heteroatoms. The van der Waals surface area contributed by atoms with Gasteiger partial charge in [-0.1, -0.05) is 164 Å². The molecule has 1 unspecified atom stereocenters. The maximum atomic E-state index is 2.54. The number of para-hydroxylation sites is 1. The molecule has 6 aromatic rings. The van der Waals surface area contributed by atoms with E-state index in [2.05, 4.69) is 196 Å². The molecule has 0 saturated heterocycles. The molecule has 1 heterocycles. The number of benzene rings is 6. The SMILES string of the molecule is CC(c1ccccc1)c1cccc2c1N(C)c1c(C3=CC=CCC3)cc(-c3ccccc3)c(N(C)C)c1B2c1cccc(Cc2ccccc2)c1. The number of allylic oxidation sites excluding steroid dienone is 4. The van der Waals surface area contributed by atoms with Crippen molar-refractivity contribution < 1.29 is 0 Å². The lowest BCUT2D eigenvalue weighted by Gasteiger charge is -2.41. The van der Waals surface area contributed by atoms with Crippen LogP contribution in [0.3, 0.4) is 0 Å². The van der Waals surface area contributed by atoms with Gasteiger partial charge in [-0.05, 0) is 69.6 Å². The zero-order valence-corrected chi connectivity index (χ0v) is 30.2. The van der Waals surface area contributed by atoms with E-state index in [0.717, 1.165) is 19.3 Å². The second-order valence-electron chi connectivity index (χ2n) is 14.3. The minimum absolute atomic E-state index is 0.0318. The molecule has 0 radical (unpaired) electrons. The van der Waals surface area contributed by atoms with Gasteiger partial charge in [0.15, 0.2) is 0 Å². The van der Waals surface area contributed by atoms with E-state index in [0.29, 0.717) is 0 Å². The van der Waals surface area contributed by atoms with E-state index in [1.54, 1.807) is 0 Å². The van der Waals surface area contributed by atoms with Gasteiger partial charge in [0.25, 0.3) is 0 Å². The van der Waals surface area contributed by atoms with Gasteiger partial charge in [0.05, 0.1) is 0 Å². The van der Waals surface area contributed by atoms with Crippen LogP contribution >= 0.6 is 0 Å². The lowest BCUT2D eigenvalue weighted by atomic mass is 9.34. The Morgan fingerprint density at radius 1 is 0.706 bits per heavy atom. The summed E-state index contributed by atoms with van der Waals surface area (Å²) in [5.41, 5.74) is 18.6. The van der Waals surface area contributed by atoms with E-state index in [9.17, 15) is 0 Å². The summed E-state index contributed by atoms with van der Waals surface area (Å²) >= 11 is 0. The first kappa shape index (κ1) is 32.7. The van der Waals surface area contributed by atoms with Crippen LogP contribution in [0.15, 0.2) is 158 Å². The van der Waals surface area contributed by atoms with Gasteiger partial charge in [-0.2, -0.15) is 0 Å². The summed E-state index contributed by atoms with van der Waals surface area (Å²) in [4.78, 5) is 4.90. The molecule has 2 nitrogen and oxygen atoms in total. The molecule has 0 amide bonds. The van der Waals surface area contributed by atoms with Crippen molar-refractivity contribution in [3.63, 3.8) is 0 Å². The molecule has 0 N–H and O–H groups in total. The second kappa shape index (κ2) is 14.0. The van der Waals surface area contributed by atoms with E-state index >= 15 is 0 Å². The van der Waals surface area contributed by atoms with Gasteiger partial charge in [-0.25, -0.2) is 0 Å². The molecule has 1 atom stereocenters.